The summed E-state index contributed by atoms with van der Waals surface area (Å²) in [6, 6.07) is 12.6. The molecule has 0 unspecified atom stereocenters. The molecule has 1 aliphatic heterocycles. The summed E-state index contributed by atoms with van der Waals surface area (Å²) >= 11 is 0. The van der Waals surface area contributed by atoms with Gasteiger partial charge in [0.15, 0.2) is 4.91 Å². The number of benzene rings is 2. The van der Waals surface area contributed by atoms with Crippen molar-refractivity contribution in [1.82, 2.24) is 4.90 Å². The molecule has 0 saturated carbocycles. The summed E-state index contributed by atoms with van der Waals surface area (Å²) in [6.45, 7) is 1.50. The molecule has 2 aromatic carbocycles. The summed E-state index contributed by atoms with van der Waals surface area (Å²) in [6.07, 6.45) is -3.12. The second-order valence-electron chi connectivity index (χ2n) is 6.86. The van der Waals surface area contributed by atoms with E-state index in [0.29, 0.717) is 37.6 Å². The molecule has 0 aliphatic carbocycles. The Balaban J connectivity index is 1.73. The fourth-order valence-corrected chi connectivity index (χ4v) is 4.35. The lowest BCUT2D eigenvalue weighted by Gasteiger charge is -2.35. The number of nitriles is 1. The topological polar surface area (TPSA) is 73.6 Å². The highest BCUT2D eigenvalue weighted by molar-refractivity contribution is 7.95. The van der Waals surface area contributed by atoms with Crippen molar-refractivity contribution < 1.29 is 26.3 Å². The van der Waals surface area contributed by atoms with E-state index in [1.54, 1.807) is 21.9 Å². The van der Waals surface area contributed by atoms with E-state index in [2.05, 4.69) is 0 Å². The van der Waals surface area contributed by atoms with E-state index in [4.69, 9.17) is 4.74 Å². The molecule has 3 rings (SSSR count). The lowest BCUT2D eigenvalue weighted by molar-refractivity contribution is -0.137. The first-order valence-corrected chi connectivity index (χ1v) is 10.8. The van der Waals surface area contributed by atoms with Crippen LogP contribution in [0.1, 0.15) is 5.56 Å². The molecule has 31 heavy (non-hydrogen) atoms. The van der Waals surface area contributed by atoms with Crippen LogP contribution < -0.4 is 9.64 Å². The SMILES string of the molecule is COc1ccc(S(=O)(=O)C(C#N)=CN2CCN(c3cccc(C(F)(F)F)c3)CC2)cc1. The molecule has 0 radical (unpaired) electrons. The number of nitrogens with zero attached hydrogens (tertiary/aromatic N) is 3. The molecular weight excluding hydrogens is 431 g/mol. The summed E-state index contributed by atoms with van der Waals surface area (Å²) in [4.78, 5) is 3.06. The second kappa shape index (κ2) is 8.89. The molecule has 0 amide bonds. The zero-order valence-electron chi connectivity index (χ0n) is 16.6. The molecule has 0 spiro atoms. The fourth-order valence-electron chi connectivity index (χ4n) is 3.19. The van der Waals surface area contributed by atoms with Crippen LogP contribution in [-0.2, 0) is 16.0 Å². The predicted molar refractivity (Wildman–Crippen MR) is 109 cm³/mol. The number of alkyl halides is 3. The first-order chi connectivity index (χ1) is 14.6. The van der Waals surface area contributed by atoms with Gasteiger partial charge in [0.25, 0.3) is 0 Å². The van der Waals surface area contributed by atoms with Gasteiger partial charge in [0.05, 0.1) is 17.6 Å². The monoisotopic (exact) mass is 451 g/mol. The van der Waals surface area contributed by atoms with Crippen LogP contribution in [0, 0.1) is 11.3 Å². The van der Waals surface area contributed by atoms with Gasteiger partial charge >= 0.3 is 6.18 Å². The van der Waals surface area contributed by atoms with E-state index in [-0.39, 0.29) is 4.90 Å². The molecule has 6 nitrogen and oxygen atoms in total. The zero-order chi connectivity index (χ0) is 22.6. The summed E-state index contributed by atoms with van der Waals surface area (Å²) in [5, 5.41) is 9.43. The Labute approximate surface area is 178 Å². The lowest BCUT2D eigenvalue weighted by atomic mass is 10.1. The molecule has 0 aromatic heterocycles. The number of hydrogen-bond donors (Lipinski definition) is 0. The number of ether oxygens (including phenoxy) is 1. The fraction of sp³-hybridized carbons (Fsp3) is 0.286. The van der Waals surface area contributed by atoms with E-state index in [9.17, 15) is 26.9 Å². The number of methoxy groups -OCH3 is 1. The van der Waals surface area contributed by atoms with Gasteiger partial charge in [0, 0.05) is 38.1 Å². The number of piperazine rings is 1. The Hall–Kier alpha value is -3.19. The van der Waals surface area contributed by atoms with Gasteiger partial charge in [0.2, 0.25) is 9.84 Å². The molecule has 1 aliphatic rings. The van der Waals surface area contributed by atoms with Crippen LogP contribution in [0.5, 0.6) is 5.75 Å². The van der Waals surface area contributed by atoms with Crippen LogP contribution in [0.3, 0.4) is 0 Å². The van der Waals surface area contributed by atoms with Crippen LogP contribution in [-0.4, -0.2) is 46.6 Å². The number of halogens is 3. The molecule has 1 saturated heterocycles. The average molecular weight is 451 g/mol. The average Bonchev–Trinajstić information content (AvgIpc) is 2.77. The van der Waals surface area contributed by atoms with Crippen molar-refractivity contribution in [3.8, 4) is 11.8 Å². The van der Waals surface area contributed by atoms with Crippen LogP contribution in [0.4, 0.5) is 18.9 Å². The minimum atomic E-state index is -4.42. The number of hydrogen-bond acceptors (Lipinski definition) is 6. The van der Waals surface area contributed by atoms with Gasteiger partial charge in [-0.25, -0.2) is 8.42 Å². The van der Waals surface area contributed by atoms with Gasteiger partial charge in [-0.3, -0.25) is 0 Å². The van der Waals surface area contributed by atoms with E-state index >= 15 is 0 Å². The molecule has 1 heterocycles. The highest BCUT2D eigenvalue weighted by Gasteiger charge is 2.31. The highest BCUT2D eigenvalue weighted by atomic mass is 32.2. The van der Waals surface area contributed by atoms with Gasteiger partial charge in [-0.1, -0.05) is 6.07 Å². The van der Waals surface area contributed by atoms with Gasteiger partial charge in [-0.15, -0.1) is 0 Å². The largest absolute Gasteiger partial charge is 0.497 e. The maximum absolute atomic E-state index is 12.9. The van der Waals surface area contributed by atoms with Gasteiger partial charge in [0.1, 0.15) is 11.8 Å². The molecule has 0 bridgehead atoms. The summed E-state index contributed by atoms with van der Waals surface area (Å²) in [5.41, 5.74) is -0.269. The minimum absolute atomic E-state index is 0.0244. The number of rotatable bonds is 5. The third kappa shape index (κ3) is 5.11. The van der Waals surface area contributed by atoms with Crippen molar-refractivity contribution in [3.05, 3.63) is 65.2 Å². The van der Waals surface area contributed by atoms with Crippen molar-refractivity contribution >= 4 is 15.5 Å². The van der Waals surface area contributed by atoms with Crippen LogP contribution in [0.2, 0.25) is 0 Å². The maximum atomic E-state index is 12.9. The van der Waals surface area contributed by atoms with Crippen molar-refractivity contribution in [2.45, 2.75) is 11.1 Å². The quantitative estimate of drug-likeness (QED) is 0.646. The molecule has 2 aromatic rings. The van der Waals surface area contributed by atoms with Crippen molar-refractivity contribution in [2.75, 3.05) is 38.2 Å². The Morgan fingerprint density at radius 2 is 1.74 bits per heavy atom. The van der Waals surface area contributed by atoms with Crippen LogP contribution in [0.25, 0.3) is 0 Å². The van der Waals surface area contributed by atoms with E-state index < -0.39 is 26.5 Å². The normalized spacial score (nSPS) is 15.5. The number of sulfone groups is 1. The molecule has 0 N–H and O–H groups in total. The van der Waals surface area contributed by atoms with E-state index in [0.717, 1.165) is 12.1 Å². The smallest absolute Gasteiger partial charge is 0.416 e. The van der Waals surface area contributed by atoms with E-state index in [1.165, 1.54) is 43.6 Å². The van der Waals surface area contributed by atoms with Crippen molar-refractivity contribution in [1.29, 1.82) is 5.26 Å². The van der Waals surface area contributed by atoms with Gasteiger partial charge in [-0.05, 0) is 42.5 Å². The molecule has 0 atom stereocenters. The minimum Gasteiger partial charge on any atom is -0.497 e. The summed E-state index contributed by atoms with van der Waals surface area (Å²) in [7, 11) is -2.54. The number of allylic oxidation sites excluding steroid dienone is 1. The molecular formula is C21H20F3N3O3S. The third-order valence-corrected chi connectivity index (χ3v) is 6.59. The molecule has 10 heteroatoms. The Morgan fingerprint density at radius 1 is 1.10 bits per heavy atom. The summed E-state index contributed by atoms with van der Waals surface area (Å²) < 4.78 is 69.4. The third-order valence-electron chi connectivity index (χ3n) is 4.92. The highest BCUT2D eigenvalue weighted by Crippen LogP contribution is 2.32. The Kier molecular flexibility index (Phi) is 6.45. The van der Waals surface area contributed by atoms with Crippen LogP contribution in [0.15, 0.2) is 64.5 Å². The van der Waals surface area contributed by atoms with Gasteiger partial charge < -0.3 is 14.5 Å². The lowest BCUT2D eigenvalue weighted by Crippen LogP contribution is -2.44. The van der Waals surface area contributed by atoms with Crippen molar-refractivity contribution in [3.63, 3.8) is 0 Å². The molecule has 1 fully saturated rings. The zero-order valence-corrected chi connectivity index (χ0v) is 17.4. The van der Waals surface area contributed by atoms with Gasteiger partial charge in [-0.2, -0.15) is 18.4 Å². The van der Waals surface area contributed by atoms with E-state index in [1.807, 2.05) is 0 Å². The second-order valence-corrected chi connectivity index (χ2v) is 8.77. The van der Waals surface area contributed by atoms with Crippen molar-refractivity contribution in [2.24, 2.45) is 0 Å². The summed E-state index contributed by atoms with van der Waals surface area (Å²) in [5.74, 6) is 0.493. The predicted octanol–water partition coefficient (Wildman–Crippen LogP) is 3.67. The first kappa shape index (κ1) is 22.5. The Morgan fingerprint density at radius 3 is 2.29 bits per heavy atom. The Bertz CT molecular complexity index is 1100. The van der Waals surface area contributed by atoms with Crippen LogP contribution >= 0.6 is 0 Å². The number of anilines is 1. The molecule has 164 valence electrons. The maximum Gasteiger partial charge on any atom is 0.416 e. The first-order valence-electron chi connectivity index (χ1n) is 9.32. The standard InChI is InChI=1S/C21H20F3N3O3S/c1-30-18-5-7-19(8-6-18)31(28,29)20(14-25)15-26-9-11-27(12-10-26)17-4-2-3-16(13-17)21(22,23)24/h2-8,13,15H,9-12H2,1H3.